The van der Waals surface area contributed by atoms with Crippen molar-refractivity contribution in [3.8, 4) is 0 Å². The molecule has 122 valence electrons. The summed E-state index contributed by atoms with van der Waals surface area (Å²) in [5.74, 6) is 2.88. The Kier molecular flexibility index (Phi) is 5.30. The lowest BCUT2D eigenvalue weighted by Crippen LogP contribution is -2.53. The van der Waals surface area contributed by atoms with Gasteiger partial charge in [0.15, 0.2) is 0 Å². The summed E-state index contributed by atoms with van der Waals surface area (Å²) in [4.78, 5) is 0. The normalized spacial score (nSPS) is 42.9. The average molecular weight is 293 g/mol. The number of rotatable bonds is 3. The maximum atomic E-state index is 11.8. The van der Waals surface area contributed by atoms with Gasteiger partial charge >= 0.3 is 0 Å². The highest BCUT2D eigenvalue weighted by Gasteiger charge is 2.50. The van der Waals surface area contributed by atoms with Crippen LogP contribution in [0, 0.1) is 23.7 Å². The van der Waals surface area contributed by atoms with E-state index in [9.17, 15) is 5.11 Å². The first-order valence-electron chi connectivity index (χ1n) is 9.98. The van der Waals surface area contributed by atoms with E-state index in [1.54, 1.807) is 0 Å². The summed E-state index contributed by atoms with van der Waals surface area (Å²) in [6.07, 6.45) is 18.8. The van der Waals surface area contributed by atoms with Crippen LogP contribution in [0.4, 0.5) is 0 Å². The van der Waals surface area contributed by atoms with Crippen molar-refractivity contribution in [1.29, 1.82) is 0 Å². The molecule has 0 radical (unpaired) electrons. The minimum absolute atomic E-state index is 0.304. The van der Waals surface area contributed by atoms with Crippen LogP contribution in [0.3, 0.4) is 0 Å². The molecule has 3 aliphatic rings. The Morgan fingerprint density at radius 3 is 2.14 bits per heavy atom. The highest BCUT2D eigenvalue weighted by atomic mass is 16.3. The van der Waals surface area contributed by atoms with E-state index in [1.165, 1.54) is 83.5 Å². The van der Waals surface area contributed by atoms with E-state index in [0.717, 1.165) is 18.3 Å². The molecule has 1 N–H and O–H groups in total. The van der Waals surface area contributed by atoms with E-state index in [0.29, 0.717) is 11.8 Å². The first kappa shape index (κ1) is 15.8. The minimum atomic E-state index is -0.304. The van der Waals surface area contributed by atoms with Gasteiger partial charge < -0.3 is 5.11 Å². The van der Waals surface area contributed by atoms with Crippen LogP contribution in [-0.4, -0.2) is 10.7 Å². The van der Waals surface area contributed by atoms with Gasteiger partial charge in [-0.25, -0.2) is 0 Å². The molecule has 0 bridgehead atoms. The quantitative estimate of drug-likeness (QED) is 0.707. The maximum absolute atomic E-state index is 11.8. The maximum Gasteiger partial charge on any atom is 0.0709 e. The van der Waals surface area contributed by atoms with E-state index >= 15 is 0 Å². The molecule has 3 fully saturated rings. The van der Waals surface area contributed by atoms with Crippen molar-refractivity contribution in [3.63, 3.8) is 0 Å². The van der Waals surface area contributed by atoms with Crippen molar-refractivity contribution in [1.82, 2.24) is 0 Å². The molecule has 3 aliphatic carbocycles. The summed E-state index contributed by atoms with van der Waals surface area (Å²) < 4.78 is 0. The van der Waals surface area contributed by atoms with Gasteiger partial charge in [-0.05, 0) is 42.9 Å². The summed E-state index contributed by atoms with van der Waals surface area (Å²) in [6, 6.07) is 0. The van der Waals surface area contributed by atoms with Gasteiger partial charge in [0.2, 0.25) is 0 Å². The smallest absolute Gasteiger partial charge is 0.0709 e. The second kappa shape index (κ2) is 7.02. The highest BCUT2D eigenvalue weighted by molar-refractivity contribution is 5.01. The van der Waals surface area contributed by atoms with Gasteiger partial charge in [-0.2, -0.15) is 0 Å². The fourth-order valence-electron chi connectivity index (χ4n) is 6.20. The second-order valence-corrected chi connectivity index (χ2v) is 8.30. The first-order chi connectivity index (χ1) is 10.3. The molecule has 0 aromatic carbocycles. The molecule has 1 heteroatoms. The topological polar surface area (TPSA) is 20.2 Å². The third-order valence-electron chi connectivity index (χ3n) is 7.28. The number of aliphatic hydroxyl groups is 1. The molecule has 0 spiro atoms. The van der Waals surface area contributed by atoms with Crippen LogP contribution in [0.1, 0.15) is 96.8 Å². The molecule has 0 aliphatic heterocycles. The average Bonchev–Trinajstić information content (AvgIpc) is 2.56. The van der Waals surface area contributed by atoms with Gasteiger partial charge in [0.05, 0.1) is 5.60 Å². The van der Waals surface area contributed by atoms with Crippen molar-refractivity contribution >= 4 is 0 Å². The van der Waals surface area contributed by atoms with E-state index in [-0.39, 0.29) is 5.60 Å². The SMILES string of the molecule is CCC1CCCCC1C1(O)CCCCC1C1CCCCC1. The first-order valence-corrected chi connectivity index (χ1v) is 9.98. The fourth-order valence-corrected chi connectivity index (χ4v) is 6.20. The summed E-state index contributed by atoms with van der Waals surface area (Å²) >= 11 is 0. The van der Waals surface area contributed by atoms with Crippen molar-refractivity contribution in [2.75, 3.05) is 0 Å². The molecule has 0 aromatic rings. The lowest BCUT2D eigenvalue weighted by Gasteiger charge is -2.52. The zero-order chi connectivity index (χ0) is 14.7. The minimum Gasteiger partial charge on any atom is -0.389 e. The Labute approximate surface area is 131 Å². The predicted molar refractivity (Wildman–Crippen MR) is 89.2 cm³/mol. The molecular formula is C20H36O. The molecule has 0 saturated heterocycles. The second-order valence-electron chi connectivity index (χ2n) is 8.30. The molecule has 4 unspecified atom stereocenters. The van der Waals surface area contributed by atoms with Crippen LogP contribution in [0.25, 0.3) is 0 Å². The molecule has 0 amide bonds. The highest BCUT2D eigenvalue weighted by Crippen LogP contribution is 2.52. The predicted octanol–water partition coefficient (Wildman–Crippen LogP) is 5.70. The van der Waals surface area contributed by atoms with Crippen molar-refractivity contribution in [2.45, 2.75) is 102 Å². The third-order valence-corrected chi connectivity index (χ3v) is 7.28. The molecule has 21 heavy (non-hydrogen) atoms. The molecule has 0 aromatic heterocycles. The largest absolute Gasteiger partial charge is 0.389 e. The molecule has 3 rings (SSSR count). The van der Waals surface area contributed by atoms with Gasteiger partial charge in [0, 0.05) is 0 Å². The van der Waals surface area contributed by atoms with E-state index < -0.39 is 0 Å². The summed E-state index contributed by atoms with van der Waals surface area (Å²) in [6.45, 7) is 2.35. The van der Waals surface area contributed by atoms with Gasteiger partial charge in [-0.3, -0.25) is 0 Å². The summed E-state index contributed by atoms with van der Waals surface area (Å²) in [5.41, 5.74) is -0.304. The van der Waals surface area contributed by atoms with Crippen LogP contribution in [0.15, 0.2) is 0 Å². The van der Waals surface area contributed by atoms with Gasteiger partial charge in [0.1, 0.15) is 0 Å². The van der Waals surface area contributed by atoms with Crippen LogP contribution in [-0.2, 0) is 0 Å². The van der Waals surface area contributed by atoms with Gasteiger partial charge in [-0.15, -0.1) is 0 Å². The van der Waals surface area contributed by atoms with E-state index in [2.05, 4.69) is 6.92 Å². The summed E-state index contributed by atoms with van der Waals surface area (Å²) in [5, 5.41) is 11.8. The lowest BCUT2D eigenvalue weighted by molar-refractivity contribution is -0.142. The van der Waals surface area contributed by atoms with Crippen LogP contribution >= 0.6 is 0 Å². The standard InChI is InChI=1S/C20H36O/c1-2-16-10-6-7-13-18(16)20(21)15-9-8-14-19(20)17-11-4-3-5-12-17/h16-19,21H,2-15H2,1H3. The Hall–Kier alpha value is -0.0400. The Bertz CT molecular complexity index is 320. The number of hydrogen-bond acceptors (Lipinski definition) is 1. The van der Waals surface area contributed by atoms with Crippen LogP contribution < -0.4 is 0 Å². The van der Waals surface area contributed by atoms with Crippen LogP contribution in [0.5, 0.6) is 0 Å². The van der Waals surface area contributed by atoms with Crippen molar-refractivity contribution < 1.29 is 5.11 Å². The zero-order valence-electron chi connectivity index (χ0n) is 14.2. The Balaban J connectivity index is 1.79. The molecular weight excluding hydrogens is 256 g/mol. The fraction of sp³-hybridized carbons (Fsp3) is 1.00. The Morgan fingerprint density at radius 2 is 1.38 bits per heavy atom. The third kappa shape index (κ3) is 3.19. The van der Waals surface area contributed by atoms with Gasteiger partial charge in [0.25, 0.3) is 0 Å². The molecule has 1 nitrogen and oxygen atoms in total. The molecule has 4 atom stereocenters. The number of hydrogen-bond donors (Lipinski definition) is 1. The van der Waals surface area contributed by atoms with E-state index in [4.69, 9.17) is 0 Å². The monoisotopic (exact) mass is 292 g/mol. The lowest BCUT2D eigenvalue weighted by atomic mass is 9.56. The van der Waals surface area contributed by atoms with E-state index in [1.807, 2.05) is 0 Å². The Morgan fingerprint density at radius 1 is 0.762 bits per heavy atom. The zero-order valence-corrected chi connectivity index (χ0v) is 14.2. The van der Waals surface area contributed by atoms with Gasteiger partial charge in [-0.1, -0.05) is 77.6 Å². The van der Waals surface area contributed by atoms with Crippen LogP contribution in [0.2, 0.25) is 0 Å². The summed E-state index contributed by atoms with van der Waals surface area (Å²) in [7, 11) is 0. The molecule has 3 saturated carbocycles. The van der Waals surface area contributed by atoms with Crippen molar-refractivity contribution in [3.05, 3.63) is 0 Å². The van der Waals surface area contributed by atoms with Crippen molar-refractivity contribution in [2.24, 2.45) is 23.7 Å². The molecule has 0 heterocycles.